The van der Waals surface area contributed by atoms with Crippen LogP contribution in [0.4, 0.5) is 4.79 Å². The fourth-order valence-corrected chi connectivity index (χ4v) is 6.78. The van der Waals surface area contributed by atoms with Crippen molar-refractivity contribution in [2.45, 2.75) is 63.1 Å². The van der Waals surface area contributed by atoms with Gasteiger partial charge in [-0.05, 0) is 61.3 Å². The zero-order valence-corrected chi connectivity index (χ0v) is 25.6. The number of hydrogen-bond acceptors (Lipinski definition) is 7. The molecule has 6 rings (SSSR count). The number of nitrogens with one attached hydrogen (secondary N) is 2. The van der Waals surface area contributed by atoms with Crippen LogP contribution < -0.4 is 16.3 Å². The van der Waals surface area contributed by atoms with Crippen LogP contribution >= 0.6 is 0 Å². The maximum absolute atomic E-state index is 13.1. The van der Waals surface area contributed by atoms with Crippen LogP contribution in [0.5, 0.6) is 0 Å². The Morgan fingerprint density at radius 2 is 1.64 bits per heavy atom. The summed E-state index contributed by atoms with van der Waals surface area (Å²) in [5.41, 5.74) is 3.21. The van der Waals surface area contributed by atoms with Gasteiger partial charge in [0.1, 0.15) is 12.6 Å². The number of ether oxygens (including phenoxy) is 1. The minimum absolute atomic E-state index is 0.0353. The Bertz CT molecular complexity index is 1630. The number of carbonyl (C=O) groups excluding carboxylic acids is 4. The molecule has 1 atom stereocenters. The molecule has 12 heteroatoms. The van der Waals surface area contributed by atoms with Crippen LogP contribution in [0.2, 0.25) is 0 Å². The number of amides is 4. The van der Waals surface area contributed by atoms with E-state index in [0.717, 1.165) is 55.4 Å². The summed E-state index contributed by atoms with van der Waals surface area (Å²) in [4.78, 5) is 66.7. The van der Waals surface area contributed by atoms with Crippen LogP contribution in [0.25, 0.3) is 11.0 Å². The molecular formula is C33H40N6O6. The maximum atomic E-state index is 13.1. The van der Waals surface area contributed by atoms with E-state index in [1.165, 1.54) is 4.57 Å². The maximum Gasteiger partial charge on any atom is 0.407 e. The number of hydrogen-bond donors (Lipinski definition) is 2. The van der Waals surface area contributed by atoms with Gasteiger partial charge in [0.25, 0.3) is 0 Å². The Kier molecular flexibility index (Phi) is 9.02. The number of nitrogens with zero attached hydrogens (tertiary/aromatic N) is 4. The average molecular weight is 617 g/mol. The number of imidazole rings is 1. The van der Waals surface area contributed by atoms with E-state index in [-0.39, 0.29) is 42.5 Å². The molecule has 2 N–H and O–H groups in total. The number of fused-ring (bicyclic) bond motifs is 1. The first-order valence-corrected chi connectivity index (χ1v) is 15.8. The van der Waals surface area contributed by atoms with E-state index in [0.29, 0.717) is 31.6 Å². The van der Waals surface area contributed by atoms with Crippen LogP contribution in [0, 0.1) is 0 Å². The lowest BCUT2D eigenvalue weighted by molar-refractivity contribution is -0.136. The smallest absolute Gasteiger partial charge is 0.407 e. The second-order valence-corrected chi connectivity index (χ2v) is 12.3. The van der Waals surface area contributed by atoms with Crippen molar-refractivity contribution < 1.29 is 23.9 Å². The standard InChI is InChI=1S/C33H40N6O6/c1-36-28-19-24(7-8-26(28)39(33(36)44)27-9-10-29(40)35-31(27)42)23-11-17-38(18-12-23)30(41)20-37-15-13-25(14-16-37)34-32(43)45-21-22-5-3-2-4-6-22/h2-8,19,23,25,27H,9-18,20-21H2,1H3,(H,34,43)(H,35,40,42). The first kappa shape index (κ1) is 30.6. The molecule has 3 aliphatic rings. The highest BCUT2D eigenvalue weighted by atomic mass is 16.5. The van der Waals surface area contributed by atoms with Crippen molar-refractivity contribution in [3.05, 3.63) is 70.1 Å². The topological polar surface area (TPSA) is 135 Å². The van der Waals surface area contributed by atoms with E-state index >= 15 is 0 Å². The molecule has 238 valence electrons. The molecule has 2 aromatic carbocycles. The molecule has 4 amide bonds. The van der Waals surface area contributed by atoms with E-state index in [9.17, 15) is 24.0 Å². The second kappa shape index (κ2) is 13.3. The largest absolute Gasteiger partial charge is 0.445 e. The third-order valence-electron chi connectivity index (χ3n) is 9.44. The fraction of sp³-hybridized carbons (Fsp3) is 0.485. The summed E-state index contributed by atoms with van der Waals surface area (Å²) in [6.45, 7) is 3.43. The molecule has 45 heavy (non-hydrogen) atoms. The number of piperidine rings is 3. The Morgan fingerprint density at radius 1 is 0.911 bits per heavy atom. The van der Waals surface area contributed by atoms with Crippen molar-refractivity contribution in [1.82, 2.24) is 29.6 Å². The molecule has 1 aromatic heterocycles. The lowest BCUT2D eigenvalue weighted by Crippen LogP contribution is -2.49. The normalized spacial score (nSPS) is 20.3. The fourth-order valence-electron chi connectivity index (χ4n) is 6.78. The number of rotatable bonds is 7. The monoisotopic (exact) mass is 616 g/mol. The van der Waals surface area contributed by atoms with Crippen molar-refractivity contribution in [1.29, 1.82) is 0 Å². The highest BCUT2D eigenvalue weighted by Crippen LogP contribution is 2.31. The molecule has 12 nitrogen and oxygen atoms in total. The zero-order valence-electron chi connectivity index (χ0n) is 25.6. The highest BCUT2D eigenvalue weighted by Gasteiger charge is 2.32. The zero-order chi connectivity index (χ0) is 31.5. The molecule has 3 aromatic rings. The van der Waals surface area contributed by atoms with E-state index in [2.05, 4.69) is 15.5 Å². The van der Waals surface area contributed by atoms with Crippen molar-refractivity contribution in [2.75, 3.05) is 32.7 Å². The summed E-state index contributed by atoms with van der Waals surface area (Å²) in [7, 11) is 1.70. The van der Waals surface area contributed by atoms with Crippen LogP contribution in [0.1, 0.15) is 61.6 Å². The van der Waals surface area contributed by atoms with Gasteiger partial charge in [0.05, 0.1) is 17.6 Å². The Morgan fingerprint density at radius 3 is 2.36 bits per heavy atom. The first-order chi connectivity index (χ1) is 21.8. The number of likely N-dealkylation sites (tertiary alicyclic amines) is 2. The molecule has 3 aliphatic heterocycles. The SMILES string of the molecule is Cn1c(=O)n(C2CCC(=O)NC2=O)c2ccc(C3CCN(C(=O)CN4CCC(NC(=O)OCc5ccccc5)CC4)CC3)cc21. The van der Waals surface area contributed by atoms with Crippen LogP contribution in [-0.2, 0) is 32.8 Å². The molecule has 0 spiro atoms. The molecule has 1 unspecified atom stereocenters. The molecular weight excluding hydrogens is 576 g/mol. The van der Waals surface area contributed by atoms with E-state index in [4.69, 9.17) is 4.74 Å². The lowest BCUT2D eigenvalue weighted by Gasteiger charge is -2.36. The number of aryl methyl sites for hydroxylation is 1. The Hall–Kier alpha value is -4.45. The number of benzene rings is 2. The molecule has 0 bridgehead atoms. The number of imide groups is 1. The lowest BCUT2D eigenvalue weighted by atomic mass is 9.89. The van der Waals surface area contributed by atoms with Crippen molar-refractivity contribution in [3.63, 3.8) is 0 Å². The van der Waals surface area contributed by atoms with Gasteiger partial charge in [0.15, 0.2) is 0 Å². The van der Waals surface area contributed by atoms with Gasteiger partial charge >= 0.3 is 11.8 Å². The molecule has 3 saturated heterocycles. The quantitative estimate of drug-likeness (QED) is 0.390. The summed E-state index contributed by atoms with van der Waals surface area (Å²) >= 11 is 0. The summed E-state index contributed by atoms with van der Waals surface area (Å²) in [6, 6.07) is 14.8. The Balaban J connectivity index is 0.973. The summed E-state index contributed by atoms with van der Waals surface area (Å²) in [5.74, 6) is -0.369. The number of carbonyl (C=O) groups is 4. The van der Waals surface area contributed by atoms with E-state index < -0.39 is 18.0 Å². The van der Waals surface area contributed by atoms with Crippen LogP contribution in [0.15, 0.2) is 53.3 Å². The van der Waals surface area contributed by atoms with Crippen molar-refractivity contribution in [3.8, 4) is 0 Å². The van der Waals surface area contributed by atoms with Gasteiger partial charge in [0.2, 0.25) is 17.7 Å². The predicted octanol–water partition coefficient (Wildman–Crippen LogP) is 2.41. The van der Waals surface area contributed by atoms with Gasteiger partial charge in [-0.25, -0.2) is 9.59 Å². The Labute approximate surface area is 261 Å². The highest BCUT2D eigenvalue weighted by molar-refractivity contribution is 6.00. The second-order valence-electron chi connectivity index (χ2n) is 12.3. The number of alkyl carbamates (subject to hydrolysis) is 1. The molecule has 0 aliphatic carbocycles. The van der Waals surface area contributed by atoms with E-state index in [1.807, 2.05) is 53.4 Å². The van der Waals surface area contributed by atoms with Crippen LogP contribution in [-0.4, -0.2) is 81.5 Å². The molecule has 3 fully saturated rings. The molecule has 0 saturated carbocycles. The third-order valence-corrected chi connectivity index (χ3v) is 9.44. The van der Waals surface area contributed by atoms with Gasteiger partial charge in [-0.3, -0.25) is 33.7 Å². The van der Waals surface area contributed by atoms with Gasteiger partial charge in [-0.2, -0.15) is 0 Å². The van der Waals surface area contributed by atoms with Crippen molar-refractivity contribution in [2.24, 2.45) is 7.05 Å². The minimum Gasteiger partial charge on any atom is -0.445 e. The third kappa shape index (κ3) is 6.80. The summed E-state index contributed by atoms with van der Waals surface area (Å²) < 4.78 is 8.40. The summed E-state index contributed by atoms with van der Waals surface area (Å²) in [5, 5.41) is 5.30. The first-order valence-electron chi connectivity index (χ1n) is 15.8. The number of aromatic nitrogens is 2. The summed E-state index contributed by atoms with van der Waals surface area (Å²) in [6.07, 6.45) is 3.29. The van der Waals surface area contributed by atoms with E-state index in [1.54, 1.807) is 11.6 Å². The predicted molar refractivity (Wildman–Crippen MR) is 166 cm³/mol. The molecule has 4 heterocycles. The van der Waals surface area contributed by atoms with Crippen LogP contribution in [0.3, 0.4) is 0 Å². The van der Waals surface area contributed by atoms with Gasteiger partial charge < -0.3 is 15.0 Å². The molecule has 0 radical (unpaired) electrons. The van der Waals surface area contributed by atoms with Crippen molar-refractivity contribution >= 4 is 34.8 Å². The van der Waals surface area contributed by atoms with Gasteiger partial charge in [-0.15, -0.1) is 0 Å². The van der Waals surface area contributed by atoms with Gasteiger partial charge in [-0.1, -0.05) is 36.4 Å². The minimum atomic E-state index is -0.706. The van der Waals surface area contributed by atoms with Gasteiger partial charge in [0, 0.05) is 45.7 Å². The average Bonchev–Trinajstić information content (AvgIpc) is 3.30.